The lowest BCUT2D eigenvalue weighted by Gasteiger charge is -2.39. The summed E-state index contributed by atoms with van der Waals surface area (Å²) < 4.78 is 24.2. The van der Waals surface area contributed by atoms with E-state index in [-0.39, 0.29) is 23.0 Å². The van der Waals surface area contributed by atoms with Crippen LogP contribution in [0, 0.1) is 5.92 Å². The minimum atomic E-state index is -4.58. The Morgan fingerprint density at radius 2 is 1.09 bits per heavy atom. The highest BCUT2D eigenvalue weighted by atomic mass is 31.2. The van der Waals surface area contributed by atoms with Crippen LogP contribution in [0.3, 0.4) is 0 Å². The van der Waals surface area contributed by atoms with Gasteiger partial charge in [-0.2, -0.15) is 0 Å². The van der Waals surface area contributed by atoms with Gasteiger partial charge in [0.15, 0.2) is 8.32 Å². The second-order valence-electron chi connectivity index (χ2n) is 19.4. The van der Waals surface area contributed by atoms with Gasteiger partial charge in [0.25, 0.3) is 0 Å². The Kier molecular flexibility index (Phi) is 31.1. The molecule has 0 aliphatic heterocycles. The van der Waals surface area contributed by atoms with E-state index in [2.05, 4.69) is 52.9 Å². The fraction of sp³-hybridized carbons (Fsp3) is 0.933. The zero-order chi connectivity index (χ0) is 41.6. The lowest BCUT2D eigenvalue weighted by molar-refractivity contribution is -0.873. The van der Waals surface area contributed by atoms with Crippen molar-refractivity contribution in [1.29, 1.82) is 0 Å². The van der Waals surface area contributed by atoms with Crippen LogP contribution in [-0.4, -0.2) is 68.4 Å². The smallest absolute Gasteiger partial charge is 0.411 e. The van der Waals surface area contributed by atoms with Crippen LogP contribution in [0.5, 0.6) is 0 Å². The summed E-state index contributed by atoms with van der Waals surface area (Å²) in [7, 11) is -0.588. The standard InChI is InChI=1S/C45H93N2O6PSi/c1-10-11-12-13-14-15-16-20-23-26-29-32-35-41(44(46)48)36-33-30-27-24-21-18-17-19-22-25-28-31-34-37-42(53-55(8,9)45(2,3)4)38-39-43(40-47(5,6)7)52-54(49,50)51/h34,37,41-43H,10-33,35-36,38-40H2,1-9H3,(H3-,46,48,49,50,51)/p+1/t41-,42?,43?/m0/s1. The number of nitrogens with zero attached hydrogens (tertiary/aromatic N) is 1. The lowest BCUT2D eigenvalue weighted by atomic mass is 9.93. The number of hydrogen-bond acceptors (Lipinski definition) is 4. The largest absolute Gasteiger partial charge is 0.470 e. The van der Waals surface area contributed by atoms with Gasteiger partial charge in [-0.3, -0.25) is 9.32 Å². The fourth-order valence-corrected chi connectivity index (χ4v) is 9.10. The highest BCUT2D eigenvalue weighted by Crippen LogP contribution is 2.40. The average molecular weight is 818 g/mol. The Balaban J connectivity index is 4.18. The first-order valence-corrected chi connectivity index (χ1v) is 27.4. The number of nitrogens with two attached hydrogens (primary N) is 1. The first-order chi connectivity index (χ1) is 25.8. The molecule has 55 heavy (non-hydrogen) atoms. The molecule has 0 rings (SSSR count). The molecule has 0 aromatic carbocycles. The molecule has 0 fully saturated rings. The molecule has 1 amide bonds. The summed E-state index contributed by atoms with van der Waals surface area (Å²) in [6.45, 7) is 14.0. The normalized spacial score (nSPS) is 14.8. The molecule has 10 heteroatoms. The number of hydrogen-bond donors (Lipinski definition) is 3. The van der Waals surface area contributed by atoms with Crippen molar-refractivity contribution in [3.63, 3.8) is 0 Å². The van der Waals surface area contributed by atoms with Crippen LogP contribution >= 0.6 is 7.82 Å². The fourth-order valence-electron chi connectivity index (χ4n) is 7.23. The van der Waals surface area contributed by atoms with E-state index >= 15 is 0 Å². The molecular formula is C45H94N2O6PSi+. The number of allylic oxidation sites excluding steroid dienone is 1. The Hall–Kier alpha value is -0.543. The molecule has 0 aliphatic rings. The van der Waals surface area contributed by atoms with Crippen molar-refractivity contribution < 1.29 is 32.6 Å². The molecule has 0 aromatic heterocycles. The van der Waals surface area contributed by atoms with Crippen LogP contribution in [0.2, 0.25) is 18.1 Å². The van der Waals surface area contributed by atoms with Crippen LogP contribution in [0.1, 0.15) is 207 Å². The van der Waals surface area contributed by atoms with E-state index in [9.17, 15) is 19.1 Å². The molecule has 0 saturated heterocycles. The number of primary amides is 1. The van der Waals surface area contributed by atoms with E-state index in [1.165, 1.54) is 135 Å². The van der Waals surface area contributed by atoms with Gasteiger partial charge in [-0.25, -0.2) is 4.57 Å². The highest BCUT2D eigenvalue weighted by Gasteiger charge is 2.39. The number of rotatable bonds is 38. The maximum atomic E-state index is 12.0. The maximum absolute atomic E-state index is 12.0. The predicted octanol–water partition coefficient (Wildman–Crippen LogP) is 13.2. The number of likely N-dealkylation sites (N-methyl/N-ethyl adjacent to an activating group) is 1. The number of phosphoric acid groups is 1. The minimum absolute atomic E-state index is 0.0733. The van der Waals surface area contributed by atoms with Gasteiger partial charge in [-0.1, -0.05) is 181 Å². The number of carbonyl (C=O) groups is 1. The Morgan fingerprint density at radius 3 is 1.45 bits per heavy atom. The molecule has 3 atom stereocenters. The SMILES string of the molecule is CCCCCCCCCCCCCC[C@@H](CCCCCCCCCCCCCC=CC(CCC(C[N+](C)(C)C)OP(=O)(O)O)O[Si](C)(C)C(C)(C)C)C(N)=O. The van der Waals surface area contributed by atoms with Gasteiger partial charge in [0.05, 0.1) is 27.2 Å². The Labute approximate surface area is 342 Å². The number of carbonyl (C=O) groups excluding carboxylic acids is 1. The molecule has 2 unspecified atom stereocenters. The predicted molar refractivity (Wildman–Crippen MR) is 239 cm³/mol. The zero-order valence-electron chi connectivity index (χ0n) is 37.9. The molecule has 0 aromatic rings. The quantitative estimate of drug-likeness (QED) is 0.0188. The molecule has 0 bridgehead atoms. The topological polar surface area (TPSA) is 119 Å². The first-order valence-electron chi connectivity index (χ1n) is 23.0. The second-order valence-corrected chi connectivity index (χ2v) is 25.3. The second kappa shape index (κ2) is 31.4. The summed E-state index contributed by atoms with van der Waals surface area (Å²) in [6, 6.07) is 0. The van der Waals surface area contributed by atoms with Gasteiger partial charge in [0.2, 0.25) is 5.91 Å². The van der Waals surface area contributed by atoms with E-state index < -0.39 is 22.2 Å². The van der Waals surface area contributed by atoms with Crippen LogP contribution in [0.4, 0.5) is 0 Å². The molecule has 8 nitrogen and oxygen atoms in total. The van der Waals surface area contributed by atoms with E-state index in [1.54, 1.807) is 0 Å². The van der Waals surface area contributed by atoms with Crippen LogP contribution in [0.15, 0.2) is 12.2 Å². The zero-order valence-corrected chi connectivity index (χ0v) is 39.8. The highest BCUT2D eigenvalue weighted by molar-refractivity contribution is 7.46. The van der Waals surface area contributed by atoms with E-state index in [0.29, 0.717) is 23.9 Å². The summed E-state index contributed by atoms with van der Waals surface area (Å²) in [4.78, 5) is 31.0. The van der Waals surface area contributed by atoms with Crippen LogP contribution in [-0.2, 0) is 18.3 Å². The number of amides is 1. The van der Waals surface area contributed by atoms with Gasteiger partial charge in [-0.15, -0.1) is 0 Å². The molecule has 0 spiro atoms. The van der Waals surface area contributed by atoms with Crippen molar-refractivity contribution in [3.05, 3.63) is 12.2 Å². The number of quaternary nitrogens is 1. The minimum Gasteiger partial charge on any atom is -0.411 e. The van der Waals surface area contributed by atoms with Crippen molar-refractivity contribution in [2.75, 3.05) is 27.7 Å². The summed E-state index contributed by atoms with van der Waals surface area (Å²) in [5, 5.41) is 0.0737. The molecule has 0 saturated carbocycles. The Morgan fingerprint density at radius 1 is 0.691 bits per heavy atom. The monoisotopic (exact) mass is 818 g/mol. The van der Waals surface area contributed by atoms with Gasteiger partial charge in [0.1, 0.15) is 12.6 Å². The third-order valence-electron chi connectivity index (χ3n) is 11.6. The molecular weight excluding hydrogens is 724 g/mol. The van der Waals surface area contributed by atoms with E-state index in [0.717, 1.165) is 32.1 Å². The van der Waals surface area contributed by atoms with Crippen molar-refractivity contribution in [1.82, 2.24) is 0 Å². The van der Waals surface area contributed by atoms with Crippen LogP contribution in [0.25, 0.3) is 0 Å². The molecule has 0 aliphatic carbocycles. The van der Waals surface area contributed by atoms with Crippen molar-refractivity contribution in [2.45, 2.75) is 238 Å². The summed E-state index contributed by atoms with van der Waals surface area (Å²) in [5.41, 5.74) is 5.76. The van der Waals surface area contributed by atoms with E-state index in [1.807, 2.05) is 21.1 Å². The van der Waals surface area contributed by atoms with Crippen molar-refractivity contribution in [3.8, 4) is 0 Å². The van der Waals surface area contributed by atoms with Gasteiger partial charge in [0, 0.05) is 5.92 Å². The third-order valence-corrected chi connectivity index (χ3v) is 16.7. The first kappa shape index (κ1) is 54.5. The number of unbranched alkanes of at least 4 members (excludes halogenated alkanes) is 22. The molecule has 0 radical (unpaired) electrons. The van der Waals surface area contributed by atoms with Crippen molar-refractivity contribution in [2.24, 2.45) is 11.7 Å². The average Bonchev–Trinajstić information content (AvgIpc) is 3.06. The summed E-state index contributed by atoms with van der Waals surface area (Å²) in [5.74, 6) is -0.0171. The van der Waals surface area contributed by atoms with Crippen LogP contribution < -0.4 is 5.73 Å². The van der Waals surface area contributed by atoms with E-state index in [4.69, 9.17) is 14.7 Å². The van der Waals surface area contributed by atoms with Gasteiger partial charge >= 0.3 is 7.82 Å². The summed E-state index contributed by atoms with van der Waals surface area (Å²) in [6.07, 6.45) is 37.9. The molecule has 0 heterocycles. The molecule has 4 N–H and O–H groups in total. The molecule has 328 valence electrons. The number of phosphoric ester groups is 1. The van der Waals surface area contributed by atoms with Gasteiger partial charge in [-0.05, 0) is 56.7 Å². The lowest BCUT2D eigenvalue weighted by Crippen LogP contribution is -2.44. The maximum Gasteiger partial charge on any atom is 0.470 e. The Bertz CT molecular complexity index is 1010. The van der Waals surface area contributed by atoms with Gasteiger partial charge < -0.3 is 24.4 Å². The van der Waals surface area contributed by atoms with Crippen molar-refractivity contribution >= 4 is 22.0 Å². The third kappa shape index (κ3) is 34.1. The summed E-state index contributed by atoms with van der Waals surface area (Å²) >= 11 is 0.